The monoisotopic (exact) mass is 300 g/mol. The number of fused-ring (bicyclic) bond motifs is 1. The van der Waals surface area contributed by atoms with Gasteiger partial charge in [0.2, 0.25) is 5.91 Å². The number of amides is 1. The summed E-state index contributed by atoms with van der Waals surface area (Å²) in [4.78, 5) is 15.8. The topological polar surface area (TPSA) is 32.3 Å². The highest BCUT2D eigenvalue weighted by molar-refractivity contribution is 7.10. The van der Waals surface area contributed by atoms with E-state index in [9.17, 15) is 4.79 Å². The zero-order valence-corrected chi connectivity index (χ0v) is 13.2. The fraction of sp³-hybridized carbons (Fsp3) is 0.353. The van der Waals surface area contributed by atoms with Crippen molar-refractivity contribution in [3.8, 4) is 0 Å². The van der Waals surface area contributed by atoms with Crippen molar-refractivity contribution in [1.29, 1.82) is 0 Å². The van der Waals surface area contributed by atoms with Gasteiger partial charge in [0.1, 0.15) is 0 Å². The van der Waals surface area contributed by atoms with E-state index in [-0.39, 0.29) is 11.8 Å². The number of thiophene rings is 1. The minimum absolute atomic E-state index is 0.0326. The third kappa shape index (κ3) is 2.95. The van der Waals surface area contributed by atoms with Gasteiger partial charge in [-0.05, 0) is 42.0 Å². The van der Waals surface area contributed by atoms with E-state index >= 15 is 0 Å². The summed E-state index contributed by atoms with van der Waals surface area (Å²) in [5.74, 6) is 0.259. The van der Waals surface area contributed by atoms with Crippen molar-refractivity contribution in [2.24, 2.45) is 5.92 Å². The highest BCUT2D eigenvalue weighted by Crippen LogP contribution is 2.26. The first kappa shape index (κ1) is 14.1. The van der Waals surface area contributed by atoms with E-state index < -0.39 is 0 Å². The van der Waals surface area contributed by atoms with Crippen LogP contribution < -0.4 is 5.32 Å². The van der Waals surface area contributed by atoms with Gasteiger partial charge in [-0.3, -0.25) is 4.79 Å². The van der Waals surface area contributed by atoms with Crippen LogP contribution in [0.4, 0.5) is 5.69 Å². The number of benzene rings is 1. The maximum Gasteiger partial charge on any atom is 0.227 e. The highest BCUT2D eigenvalue weighted by atomic mass is 32.1. The molecule has 0 radical (unpaired) electrons. The molecule has 0 fully saturated rings. The molecule has 0 saturated carbocycles. The Balaban J connectivity index is 1.67. The summed E-state index contributed by atoms with van der Waals surface area (Å²) in [6.45, 7) is 3.53. The standard InChI is InChI=1S/C17H20N2OS/c1-12-7-8-21-16(12)11-19(2)17(20)14-9-13-5-3-4-6-15(13)18-10-14/h3-8,14,18H,9-11H2,1-2H3. The Hall–Kier alpha value is -1.81. The van der Waals surface area contributed by atoms with Gasteiger partial charge in [-0.25, -0.2) is 0 Å². The molecule has 1 aliphatic heterocycles. The number of nitrogens with zero attached hydrogens (tertiary/aromatic N) is 1. The van der Waals surface area contributed by atoms with Gasteiger partial charge in [-0.2, -0.15) is 0 Å². The first-order chi connectivity index (χ1) is 10.1. The molecule has 1 N–H and O–H groups in total. The number of anilines is 1. The third-order valence-electron chi connectivity index (χ3n) is 4.10. The average Bonchev–Trinajstić information content (AvgIpc) is 2.91. The van der Waals surface area contributed by atoms with Crippen LogP contribution in [0.1, 0.15) is 16.0 Å². The van der Waals surface area contributed by atoms with Crippen LogP contribution in [0.5, 0.6) is 0 Å². The summed E-state index contributed by atoms with van der Waals surface area (Å²) < 4.78 is 0. The van der Waals surface area contributed by atoms with Crippen molar-refractivity contribution >= 4 is 22.9 Å². The quantitative estimate of drug-likeness (QED) is 0.943. The van der Waals surface area contributed by atoms with Crippen LogP contribution in [0, 0.1) is 12.8 Å². The fourth-order valence-corrected chi connectivity index (χ4v) is 3.75. The molecule has 0 bridgehead atoms. The average molecular weight is 300 g/mol. The first-order valence-corrected chi connectivity index (χ1v) is 8.13. The molecule has 1 unspecified atom stereocenters. The molecule has 4 heteroatoms. The molecule has 1 amide bonds. The molecule has 2 aromatic rings. The van der Waals surface area contributed by atoms with Gasteiger partial charge < -0.3 is 10.2 Å². The Morgan fingerprint density at radius 1 is 1.38 bits per heavy atom. The minimum Gasteiger partial charge on any atom is -0.384 e. The molecule has 3 rings (SSSR count). The van der Waals surface area contributed by atoms with Gasteiger partial charge in [-0.1, -0.05) is 18.2 Å². The van der Waals surface area contributed by atoms with E-state index in [1.807, 2.05) is 24.1 Å². The number of hydrogen-bond acceptors (Lipinski definition) is 3. The van der Waals surface area contributed by atoms with Crippen LogP contribution in [0.15, 0.2) is 35.7 Å². The summed E-state index contributed by atoms with van der Waals surface area (Å²) >= 11 is 1.72. The molecule has 110 valence electrons. The lowest BCUT2D eigenvalue weighted by Gasteiger charge is -2.29. The predicted octanol–water partition coefficient (Wildman–Crippen LogP) is 3.30. The zero-order chi connectivity index (χ0) is 14.8. The van der Waals surface area contributed by atoms with Crippen LogP contribution in [-0.4, -0.2) is 24.4 Å². The van der Waals surface area contributed by atoms with E-state index in [4.69, 9.17) is 0 Å². The van der Waals surface area contributed by atoms with E-state index in [2.05, 4.69) is 35.8 Å². The lowest BCUT2D eigenvalue weighted by atomic mass is 9.93. The summed E-state index contributed by atoms with van der Waals surface area (Å²) in [5, 5.41) is 5.46. The van der Waals surface area contributed by atoms with E-state index in [0.29, 0.717) is 6.54 Å². The Morgan fingerprint density at radius 3 is 2.95 bits per heavy atom. The Labute approximate surface area is 129 Å². The van der Waals surface area contributed by atoms with Crippen molar-refractivity contribution in [2.45, 2.75) is 19.9 Å². The Kier molecular flexibility index (Phi) is 3.97. The van der Waals surface area contributed by atoms with Crippen molar-refractivity contribution in [3.63, 3.8) is 0 Å². The number of aryl methyl sites for hydroxylation is 1. The molecule has 0 spiro atoms. The van der Waals surface area contributed by atoms with Gasteiger partial charge in [0.25, 0.3) is 0 Å². The van der Waals surface area contributed by atoms with Crippen LogP contribution in [0.25, 0.3) is 0 Å². The highest BCUT2D eigenvalue weighted by Gasteiger charge is 2.26. The summed E-state index contributed by atoms with van der Waals surface area (Å²) in [7, 11) is 1.90. The van der Waals surface area contributed by atoms with Crippen LogP contribution >= 0.6 is 11.3 Å². The second-order valence-electron chi connectivity index (χ2n) is 5.66. The summed E-state index contributed by atoms with van der Waals surface area (Å²) in [6.07, 6.45) is 0.829. The molecule has 2 heterocycles. The second-order valence-corrected chi connectivity index (χ2v) is 6.66. The number of carbonyl (C=O) groups excluding carboxylic acids is 1. The summed E-state index contributed by atoms with van der Waals surface area (Å²) in [6, 6.07) is 10.3. The van der Waals surface area contributed by atoms with Crippen LogP contribution in [0.3, 0.4) is 0 Å². The van der Waals surface area contributed by atoms with Crippen LogP contribution in [0.2, 0.25) is 0 Å². The zero-order valence-electron chi connectivity index (χ0n) is 12.4. The number of nitrogens with one attached hydrogen (secondary N) is 1. The Morgan fingerprint density at radius 2 is 2.19 bits per heavy atom. The molecule has 21 heavy (non-hydrogen) atoms. The predicted molar refractivity (Wildman–Crippen MR) is 87.7 cm³/mol. The van der Waals surface area contributed by atoms with E-state index in [0.717, 1.165) is 13.0 Å². The molecular weight excluding hydrogens is 280 g/mol. The normalized spacial score (nSPS) is 17.0. The molecule has 1 aromatic heterocycles. The molecule has 1 aliphatic rings. The lowest BCUT2D eigenvalue weighted by Crippen LogP contribution is -2.39. The molecule has 1 atom stereocenters. The van der Waals surface area contributed by atoms with Crippen molar-refractivity contribution in [2.75, 3.05) is 18.9 Å². The van der Waals surface area contributed by atoms with E-state index in [1.54, 1.807) is 11.3 Å². The Bertz CT molecular complexity index is 650. The van der Waals surface area contributed by atoms with Crippen molar-refractivity contribution in [3.05, 3.63) is 51.7 Å². The number of para-hydroxylation sites is 1. The van der Waals surface area contributed by atoms with Crippen molar-refractivity contribution < 1.29 is 4.79 Å². The van der Waals surface area contributed by atoms with Crippen LogP contribution in [-0.2, 0) is 17.8 Å². The SMILES string of the molecule is Cc1ccsc1CN(C)C(=O)C1CNc2ccccc2C1. The lowest BCUT2D eigenvalue weighted by molar-refractivity contribution is -0.134. The van der Waals surface area contributed by atoms with E-state index in [1.165, 1.54) is 21.7 Å². The smallest absolute Gasteiger partial charge is 0.227 e. The van der Waals surface area contributed by atoms with Gasteiger partial charge in [0, 0.05) is 24.2 Å². The van der Waals surface area contributed by atoms with Crippen molar-refractivity contribution in [1.82, 2.24) is 4.90 Å². The maximum absolute atomic E-state index is 12.6. The number of rotatable bonds is 3. The largest absolute Gasteiger partial charge is 0.384 e. The summed E-state index contributed by atoms with van der Waals surface area (Å²) in [5.41, 5.74) is 3.67. The van der Waals surface area contributed by atoms with Gasteiger partial charge in [-0.15, -0.1) is 11.3 Å². The minimum atomic E-state index is 0.0326. The molecule has 3 nitrogen and oxygen atoms in total. The third-order valence-corrected chi connectivity index (χ3v) is 5.10. The number of carbonyl (C=O) groups is 1. The molecule has 0 saturated heterocycles. The van der Waals surface area contributed by atoms with Gasteiger partial charge in [0.15, 0.2) is 0 Å². The molecular formula is C17H20N2OS. The van der Waals surface area contributed by atoms with Gasteiger partial charge in [0.05, 0.1) is 12.5 Å². The second kappa shape index (κ2) is 5.90. The maximum atomic E-state index is 12.6. The first-order valence-electron chi connectivity index (χ1n) is 7.25. The fourth-order valence-electron chi connectivity index (χ4n) is 2.79. The molecule has 1 aromatic carbocycles. The number of hydrogen-bond donors (Lipinski definition) is 1. The van der Waals surface area contributed by atoms with Gasteiger partial charge >= 0.3 is 0 Å². The molecule has 0 aliphatic carbocycles.